The maximum Gasteiger partial charge on any atom is 0.140 e. The van der Waals surface area contributed by atoms with Crippen LogP contribution in [0.2, 0.25) is 0 Å². The fourth-order valence-corrected chi connectivity index (χ4v) is 11.0. The number of hydrogen-bond acceptors (Lipinski definition) is 3. The minimum absolute atomic E-state index is 0.328. The van der Waals surface area contributed by atoms with Gasteiger partial charge in [0.15, 0.2) is 0 Å². The molecule has 0 atom stereocenters. The predicted octanol–water partition coefficient (Wildman–Crippen LogP) is 14.9. The molecule has 7 nitrogen and oxygen atoms in total. The zero-order chi connectivity index (χ0) is 45.0. The standard InChI is InChI=1S/C61H35N7/c62-36-38-14-13-21-42(51(38)37-63)39-32-60(67-56-26-11-5-19-47(56)49-34-40(28-30-58(49)67)65-52-22-7-1-15-43(52)44-16-2-8-23-53(44)65)64-61(33-39)68-57-27-12-6-20-48(57)50-35-41(29-31-59(50)68)66-54-24-9-3-17-45(54)46-18-4-10-25-55(46)66/h1-35H. The van der Waals surface area contributed by atoms with Gasteiger partial charge in [-0.15, -0.1) is 0 Å². The van der Waals surface area contributed by atoms with Crippen molar-refractivity contribution in [3.63, 3.8) is 0 Å². The van der Waals surface area contributed by atoms with Crippen LogP contribution in [0, 0.1) is 22.7 Å². The van der Waals surface area contributed by atoms with E-state index in [2.05, 4.69) is 225 Å². The van der Waals surface area contributed by atoms with Crippen LogP contribution >= 0.6 is 0 Å². The van der Waals surface area contributed by atoms with E-state index < -0.39 is 0 Å². The van der Waals surface area contributed by atoms with E-state index in [1.807, 2.05) is 12.1 Å². The van der Waals surface area contributed by atoms with Gasteiger partial charge < -0.3 is 9.13 Å². The summed E-state index contributed by atoms with van der Waals surface area (Å²) in [5, 5.41) is 30.0. The highest BCUT2D eigenvalue weighted by atomic mass is 15.1. The summed E-state index contributed by atoms with van der Waals surface area (Å²) in [7, 11) is 0. The molecule has 0 fully saturated rings. The number of fused-ring (bicyclic) bond motifs is 12. The lowest BCUT2D eigenvalue weighted by Crippen LogP contribution is -2.05. The van der Waals surface area contributed by atoms with Crippen molar-refractivity contribution in [1.29, 1.82) is 10.5 Å². The van der Waals surface area contributed by atoms with Gasteiger partial charge in [0, 0.05) is 60.0 Å². The van der Waals surface area contributed by atoms with Crippen molar-refractivity contribution < 1.29 is 0 Å². The number of rotatable bonds is 5. The van der Waals surface area contributed by atoms with E-state index in [0.717, 1.165) is 82.6 Å². The van der Waals surface area contributed by atoms with Gasteiger partial charge in [0.25, 0.3) is 0 Å². The second kappa shape index (κ2) is 14.4. The van der Waals surface area contributed by atoms with Gasteiger partial charge >= 0.3 is 0 Å². The Morgan fingerprint density at radius 1 is 0.309 bits per heavy atom. The van der Waals surface area contributed by atoms with E-state index in [1.165, 1.54) is 21.5 Å². The molecule has 0 aliphatic carbocycles. The first-order chi connectivity index (χ1) is 33.7. The number of benzene rings is 9. The summed E-state index contributed by atoms with van der Waals surface area (Å²) < 4.78 is 9.19. The van der Waals surface area contributed by atoms with Crippen molar-refractivity contribution in [2.24, 2.45) is 0 Å². The molecule has 68 heavy (non-hydrogen) atoms. The second-order valence-electron chi connectivity index (χ2n) is 17.4. The van der Waals surface area contributed by atoms with Gasteiger partial charge in [-0.05, 0) is 96.6 Å². The van der Waals surface area contributed by atoms with Gasteiger partial charge in [-0.25, -0.2) is 4.98 Å². The topological polar surface area (TPSA) is 80.2 Å². The molecular weight excluding hydrogens is 831 g/mol. The Hall–Kier alpha value is -9.69. The van der Waals surface area contributed by atoms with Gasteiger partial charge in [0.2, 0.25) is 0 Å². The number of nitrogens with zero attached hydrogens (tertiary/aromatic N) is 7. The van der Waals surface area contributed by atoms with Crippen LogP contribution in [0.5, 0.6) is 0 Å². The van der Waals surface area contributed by atoms with Gasteiger partial charge in [-0.3, -0.25) is 9.13 Å². The minimum atomic E-state index is 0.328. The Balaban J connectivity index is 1.04. The van der Waals surface area contributed by atoms with Crippen molar-refractivity contribution in [2.75, 3.05) is 0 Å². The molecule has 0 amide bonds. The summed E-state index contributed by atoms with van der Waals surface area (Å²) in [6.45, 7) is 0. The Bertz CT molecular complexity index is 4190. The highest BCUT2D eigenvalue weighted by Gasteiger charge is 2.22. The third kappa shape index (κ3) is 5.30. The highest BCUT2D eigenvalue weighted by molar-refractivity contribution is 6.14. The van der Waals surface area contributed by atoms with E-state index in [1.54, 1.807) is 6.07 Å². The minimum Gasteiger partial charge on any atom is -0.309 e. The summed E-state index contributed by atoms with van der Waals surface area (Å²) in [6.07, 6.45) is 0. The number of para-hydroxylation sites is 6. The average Bonchev–Trinajstić information content (AvgIpc) is 4.13. The summed E-state index contributed by atoms with van der Waals surface area (Å²) >= 11 is 0. The Morgan fingerprint density at radius 2 is 0.662 bits per heavy atom. The molecule has 0 bridgehead atoms. The molecule has 314 valence electrons. The van der Waals surface area contributed by atoms with Crippen molar-refractivity contribution in [1.82, 2.24) is 23.3 Å². The monoisotopic (exact) mass is 865 g/mol. The summed E-state index contributed by atoms with van der Waals surface area (Å²) in [5.74, 6) is 1.37. The van der Waals surface area contributed by atoms with Crippen LogP contribution in [0.1, 0.15) is 11.1 Å². The smallest absolute Gasteiger partial charge is 0.140 e. The largest absolute Gasteiger partial charge is 0.309 e. The summed E-state index contributed by atoms with van der Waals surface area (Å²) in [5.41, 5.74) is 12.8. The molecule has 0 saturated heterocycles. The highest BCUT2D eigenvalue weighted by Crippen LogP contribution is 2.41. The molecule has 7 heteroatoms. The molecule has 0 unspecified atom stereocenters. The number of nitriles is 2. The maximum atomic E-state index is 10.6. The van der Waals surface area contributed by atoms with Crippen LogP contribution in [0.3, 0.4) is 0 Å². The molecule has 0 spiro atoms. The van der Waals surface area contributed by atoms with Gasteiger partial charge in [0.05, 0.1) is 55.3 Å². The van der Waals surface area contributed by atoms with Crippen molar-refractivity contribution in [3.8, 4) is 46.3 Å². The van der Waals surface area contributed by atoms with Crippen LogP contribution < -0.4 is 0 Å². The van der Waals surface area contributed by atoms with Crippen molar-refractivity contribution >= 4 is 87.2 Å². The average molecular weight is 866 g/mol. The molecule has 9 aromatic carbocycles. The SMILES string of the molecule is N#Cc1cccc(-c2cc(-n3c4ccccc4c4cc(-n5c6ccccc6c6ccccc65)ccc43)nc(-n3c4ccccc4c4cc(-n5c6ccccc6c6ccccc65)ccc43)c2)c1C#N. The van der Waals surface area contributed by atoms with E-state index in [0.29, 0.717) is 28.3 Å². The van der Waals surface area contributed by atoms with Crippen LogP contribution in [0.4, 0.5) is 0 Å². The quantitative estimate of drug-likeness (QED) is 0.173. The first kappa shape index (κ1) is 37.7. The van der Waals surface area contributed by atoms with Crippen LogP contribution in [-0.2, 0) is 0 Å². The molecule has 0 aliphatic heterocycles. The number of aromatic nitrogens is 5. The molecule has 0 radical (unpaired) electrons. The number of pyridine rings is 1. The zero-order valence-corrected chi connectivity index (χ0v) is 36.3. The molecule has 14 rings (SSSR count). The van der Waals surface area contributed by atoms with Gasteiger partial charge in [-0.1, -0.05) is 121 Å². The lowest BCUT2D eigenvalue weighted by Gasteiger charge is -2.16. The first-order valence-electron chi connectivity index (χ1n) is 22.7. The normalized spacial score (nSPS) is 11.8. The fourth-order valence-electron chi connectivity index (χ4n) is 11.0. The molecule has 0 aliphatic rings. The van der Waals surface area contributed by atoms with E-state index >= 15 is 0 Å². The fraction of sp³-hybridized carbons (Fsp3) is 0. The van der Waals surface area contributed by atoms with Crippen LogP contribution in [0.15, 0.2) is 212 Å². The molecule has 5 aromatic heterocycles. The van der Waals surface area contributed by atoms with Gasteiger partial charge in [0.1, 0.15) is 23.8 Å². The van der Waals surface area contributed by atoms with Crippen LogP contribution in [-0.4, -0.2) is 23.3 Å². The maximum absolute atomic E-state index is 10.6. The lowest BCUT2D eigenvalue weighted by atomic mass is 9.97. The Kier molecular flexibility index (Phi) is 7.98. The Morgan fingerprint density at radius 3 is 1.04 bits per heavy atom. The van der Waals surface area contributed by atoms with E-state index in [4.69, 9.17) is 4.98 Å². The summed E-state index contributed by atoms with van der Waals surface area (Å²) in [4.78, 5) is 5.62. The lowest BCUT2D eigenvalue weighted by molar-refractivity contribution is 1.01. The molecule has 5 heterocycles. The van der Waals surface area contributed by atoms with E-state index in [9.17, 15) is 10.5 Å². The van der Waals surface area contributed by atoms with Crippen LogP contribution in [0.25, 0.3) is 121 Å². The number of hydrogen-bond donors (Lipinski definition) is 0. The zero-order valence-electron chi connectivity index (χ0n) is 36.3. The second-order valence-corrected chi connectivity index (χ2v) is 17.4. The van der Waals surface area contributed by atoms with Gasteiger partial charge in [-0.2, -0.15) is 10.5 Å². The third-order valence-corrected chi connectivity index (χ3v) is 13.9. The summed E-state index contributed by atoms with van der Waals surface area (Å²) in [6, 6.07) is 79.0. The Labute approximate surface area is 389 Å². The molecule has 0 saturated carbocycles. The molecule has 0 N–H and O–H groups in total. The van der Waals surface area contributed by atoms with E-state index in [-0.39, 0.29) is 0 Å². The molecular formula is C61H35N7. The molecule has 14 aromatic rings. The predicted molar refractivity (Wildman–Crippen MR) is 276 cm³/mol. The van der Waals surface area contributed by atoms with Crippen molar-refractivity contribution in [2.45, 2.75) is 0 Å². The van der Waals surface area contributed by atoms with Crippen molar-refractivity contribution in [3.05, 3.63) is 223 Å². The third-order valence-electron chi connectivity index (χ3n) is 13.9. The first-order valence-corrected chi connectivity index (χ1v) is 22.7.